The molecule has 3 rings (SSSR count). The molecule has 0 radical (unpaired) electrons. The number of hydrogen-bond donors (Lipinski definition) is 1. The van der Waals surface area contributed by atoms with Crippen molar-refractivity contribution in [3.05, 3.63) is 35.4 Å². The van der Waals surface area contributed by atoms with Crippen molar-refractivity contribution in [1.29, 1.82) is 0 Å². The fraction of sp³-hybridized carbons (Fsp3) is 0.600. The molecule has 1 aliphatic carbocycles. The van der Waals surface area contributed by atoms with Gasteiger partial charge in [-0.25, -0.2) is 0 Å². The molecule has 1 amide bonds. The summed E-state index contributed by atoms with van der Waals surface area (Å²) in [5.41, 5.74) is 0.729. The minimum atomic E-state index is -0.800. The normalized spacial score (nSPS) is 22.7. The van der Waals surface area contributed by atoms with Crippen molar-refractivity contribution in [2.45, 2.75) is 63.8 Å². The second-order valence-corrected chi connectivity index (χ2v) is 7.66. The molecular formula is C20H27NO3. The average molecular weight is 329 g/mol. The van der Waals surface area contributed by atoms with Crippen molar-refractivity contribution in [3.63, 3.8) is 0 Å². The van der Waals surface area contributed by atoms with Gasteiger partial charge in [-0.2, -0.15) is 0 Å². The molecule has 0 saturated heterocycles. The first-order chi connectivity index (χ1) is 11.5. The van der Waals surface area contributed by atoms with Gasteiger partial charge in [-0.3, -0.25) is 9.59 Å². The molecular weight excluding hydrogens is 302 g/mol. The SMILES string of the molecule is CC(C)CCN1C(=O)c2ccccc2[C@H](C(=O)O)C12CCCCC2. The van der Waals surface area contributed by atoms with E-state index in [1.807, 2.05) is 23.1 Å². The zero-order chi connectivity index (χ0) is 17.3. The Morgan fingerprint density at radius 3 is 2.54 bits per heavy atom. The molecule has 130 valence electrons. The highest BCUT2D eigenvalue weighted by atomic mass is 16.4. The van der Waals surface area contributed by atoms with Gasteiger partial charge in [0.1, 0.15) is 5.92 Å². The Kier molecular flexibility index (Phi) is 4.66. The van der Waals surface area contributed by atoms with E-state index >= 15 is 0 Å². The Morgan fingerprint density at radius 1 is 1.25 bits per heavy atom. The molecule has 1 spiro atoms. The number of carboxylic acids is 1. The summed E-state index contributed by atoms with van der Waals surface area (Å²) in [5.74, 6) is -0.908. The third-order valence-corrected chi connectivity index (χ3v) is 5.72. The Hall–Kier alpha value is -1.84. The van der Waals surface area contributed by atoms with Gasteiger partial charge in [-0.05, 0) is 36.8 Å². The van der Waals surface area contributed by atoms with E-state index in [1.165, 1.54) is 0 Å². The number of carbonyl (C=O) groups excluding carboxylic acids is 1. The lowest BCUT2D eigenvalue weighted by Crippen LogP contribution is -2.61. The Balaban J connectivity index is 2.12. The van der Waals surface area contributed by atoms with Gasteiger partial charge in [0.05, 0.1) is 5.54 Å². The number of carboxylic acid groups (broad SMARTS) is 1. The lowest BCUT2D eigenvalue weighted by atomic mass is 9.65. The molecule has 1 aromatic carbocycles. The van der Waals surface area contributed by atoms with Crippen molar-refractivity contribution >= 4 is 11.9 Å². The highest BCUT2D eigenvalue weighted by molar-refractivity contribution is 6.01. The number of carbonyl (C=O) groups is 2. The summed E-state index contributed by atoms with van der Waals surface area (Å²) < 4.78 is 0. The van der Waals surface area contributed by atoms with Crippen LogP contribution in [0.15, 0.2) is 24.3 Å². The van der Waals surface area contributed by atoms with Crippen LogP contribution in [0.25, 0.3) is 0 Å². The van der Waals surface area contributed by atoms with Crippen LogP contribution < -0.4 is 0 Å². The van der Waals surface area contributed by atoms with E-state index in [4.69, 9.17) is 0 Å². The summed E-state index contributed by atoms with van der Waals surface area (Å²) in [6, 6.07) is 7.30. The van der Waals surface area contributed by atoms with Gasteiger partial charge < -0.3 is 10.0 Å². The van der Waals surface area contributed by atoms with Crippen LogP contribution in [-0.2, 0) is 4.79 Å². The Morgan fingerprint density at radius 2 is 1.92 bits per heavy atom. The highest BCUT2D eigenvalue weighted by Crippen LogP contribution is 2.49. The number of aliphatic carboxylic acids is 1. The number of hydrogen-bond acceptors (Lipinski definition) is 2. The lowest BCUT2D eigenvalue weighted by molar-refractivity contribution is -0.144. The minimum Gasteiger partial charge on any atom is -0.481 e. The van der Waals surface area contributed by atoms with E-state index in [0.29, 0.717) is 23.6 Å². The maximum atomic E-state index is 13.2. The Labute approximate surface area is 143 Å². The summed E-state index contributed by atoms with van der Waals surface area (Å²) in [5, 5.41) is 10.0. The van der Waals surface area contributed by atoms with Crippen LogP contribution in [0, 0.1) is 5.92 Å². The monoisotopic (exact) mass is 329 g/mol. The summed E-state index contributed by atoms with van der Waals surface area (Å²) in [6.07, 6.45) is 5.61. The van der Waals surface area contributed by atoms with Crippen molar-refractivity contribution in [1.82, 2.24) is 4.90 Å². The van der Waals surface area contributed by atoms with Crippen LogP contribution in [0.3, 0.4) is 0 Å². The van der Waals surface area contributed by atoms with Gasteiger partial charge in [0.25, 0.3) is 5.91 Å². The standard InChI is InChI=1S/C20H27NO3/c1-14(2)10-13-21-18(22)16-9-5-4-8-15(16)17(19(23)24)20(21)11-6-3-7-12-20/h4-5,8-9,14,17H,3,6-7,10-13H2,1-2H3,(H,23,24)/t17-/m1/s1. The van der Waals surface area contributed by atoms with Crippen molar-refractivity contribution < 1.29 is 14.7 Å². The fourth-order valence-electron chi connectivity index (χ4n) is 4.53. The summed E-state index contributed by atoms with van der Waals surface area (Å²) in [7, 11) is 0. The molecule has 1 saturated carbocycles. The van der Waals surface area contributed by atoms with Gasteiger partial charge in [0, 0.05) is 12.1 Å². The van der Waals surface area contributed by atoms with Gasteiger partial charge in [-0.1, -0.05) is 51.3 Å². The zero-order valence-electron chi connectivity index (χ0n) is 14.6. The third kappa shape index (κ3) is 2.72. The highest BCUT2D eigenvalue weighted by Gasteiger charge is 2.54. The second-order valence-electron chi connectivity index (χ2n) is 7.66. The van der Waals surface area contributed by atoms with E-state index in [9.17, 15) is 14.7 Å². The largest absolute Gasteiger partial charge is 0.481 e. The fourth-order valence-corrected chi connectivity index (χ4v) is 4.53. The molecule has 0 bridgehead atoms. The number of nitrogens with zero attached hydrogens (tertiary/aromatic N) is 1. The van der Waals surface area contributed by atoms with Crippen molar-refractivity contribution in [3.8, 4) is 0 Å². The van der Waals surface area contributed by atoms with Gasteiger partial charge in [0.15, 0.2) is 0 Å². The molecule has 24 heavy (non-hydrogen) atoms. The second kappa shape index (κ2) is 6.58. The van der Waals surface area contributed by atoms with Gasteiger partial charge in [0.2, 0.25) is 0 Å². The summed E-state index contributed by atoms with van der Waals surface area (Å²) in [4.78, 5) is 27.4. The first kappa shape index (κ1) is 17.0. The average Bonchev–Trinajstić information content (AvgIpc) is 2.55. The maximum absolute atomic E-state index is 13.2. The van der Waals surface area contributed by atoms with E-state index in [-0.39, 0.29) is 5.91 Å². The molecule has 1 atom stereocenters. The molecule has 1 heterocycles. The van der Waals surface area contributed by atoms with Crippen LogP contribution in [0.2, 0.25) is 0 Å². The molecule has 1 fully saturated rings. The maximum Gasteiger partial charge on any atom is 0.313 e. The minimum absolute atomic E-state index is 0.0191. The van der Waals surface area contributed by atoms with Crippen molar-refractivity contribution in [2.75, 3.05) is 6.54 Å². The molecule has 1 N–H and O–H groups in total. The van der Waals surface area contributed by atoms with Crippen LogP contribution in [0.4, 0.5) is 0 Å². The molecule has 4 nitrogen and oxygen atoms in total. The van der Waals surface area contributed by atoms with E-state index in [1.54, 1.807) is 6.07 Å². The number of benzene rings is 1. The van der Waals surface area contributed by atoms with Crippen LogP contribution in [-0.4, -0.2) is 34.0 Å². The quantitative estimate of drug-likeness (QED) is 0.906. The molecule has 0 aromatic heterocycles. The third-order valence-electron chi connectivity index (χ3n) is 5.72. The smallest absolute Gasteiger partial charge is 0.313 e. The van der Waals surface area contributed by atoms with Crippen LogP contribution in [0.5, 0.6) is 0 Å². The molecule has 0 unspecified atom stereocenters. The van der Waals surface area contributed by atoms with Crippen LogP contribution >= 0.6 is 0 Å². The van der Waals surface area contributed by atoms with Gasteiger partial charge >= 0.3 is 5.97 Å². The predicted octanol–water partition coefficient (Wildman–Crippen LogP) is 4.06. The lowest BCUT2D eigenvalue weighted by Gasteiger charge is -2.53. The summed E-state index contributed by atoms with van der Waals surface area (Å²) >= 11 is 0. The molecule has 1 aromatic rings. The van der Waals surface area contributed by atoms with E-state index in [2.05, 4.69) is 13.8 Å². The topological polar surface area (TPSA) is 57.6 Å². The first-order valence-corrected chi connectivity index (χ1v) is 9.11. The number of amides is 1. The molecule has 2 aliphatic rings. The summed E-state index contributed by atoms with van der Waals surface area (Å²) in [6.45, 7) is 4.93. The van der Waals surface area contributed by atoms with Crippen LogP contribution in [0.1, 0.15) is 74.2 Å². The van der Waals surface area contributed by atoms with Gasteiger partial charge in [-0.15, -0.1) is 0 Å². The first-order valence-electron chi connectivity index (χ1n) is 9.11. The van der Waals surface area contributed by atoms with Crippen molar-refractivity contribution in [2.24, 2.45) is 5.92 Å². The number of rotatable bonds is 4. The Bertz CT molecular complexity index is 632. The molecule has 4 heteroatoms. The molecule has 1 aliphatic heterocycles. The van der Waals surface area contributed by atoms with E-state index in [0.717, 1.165) is 38.5 Å². The number of fused-ring (bicyclic) bond motifs is 1. The zero-order valence-corrected chi connectivity index (χ0v) is 14.6. The van der Waals surface area contributed by atoms with E-state index < -0.39 is 17.4 Å². The predicted molar refractivity (Wildman–Crippen MR) is 93.1 cm³/mol.